The van der Waals surface area contributed by atoms with Crippen molar-refractivity contribution in [1.82, 2.24) is 0 Å². The van der Waals surface area contributed by atoms with Gasteiger partial charge >= 0.3 is 78.2 Å². The summed E-state index contributed by atoms with van der Waals surface area (Å²) in [5.41, 5.74) is 0.578. The van der Waals surface area contributed by atoms with E-state index in [2.05, 4.69) is 0 Å². The van der Waals surface area contributed by atoms with E-state index in [4.69, 9.17) is 22.1 Å². The number of hydrogen-bond donors (Lipinski definition) is 0. The molecule has 0 aliphatic carbocycles. The summed E-state index contributed by atoms with van der Waals surface area (Å²) in [6.45, 7) is 0. The molecule has 0 saturated heterocycles. The third kappa shape index (κ3) is 3.34. The van der Waals surface area contributed by atoms with E-state index in [0.717, 1.165) is 0 Å². The van der Waals surface area contributed by atoms with Crippen LogP contribution in [-0.4, -0.2) is 40.1 Å². The first kappa shape index (κ1) is 16.1. The fourth-order valence-electron chi connectivity index (χ4n) is 1.10. The maximum Gasteiger partial charge on any atom is -0.870 e. The molecule has 0 amide bonds. The molecule has 6 heteroatoms. The normalized spacial score (nSPS) is 8.33. The van der Waals surface area contributed by atoms with Gasteiger partial charge in [-0.1, -0.05) is 0 Å². The Balaban J connectivity index is 0. The predicted octanol–water partition coefficient (Wildman–Crippen LogP) is 0.153. The summed E-state index contributed by atoms with van der Waals surface area (Å²) < 4.78 is 15.3. The quantitative estimate of drug-likeness (QED) is 0.665. The van der Waals surface area contributed by atoms with Crippen LogP contribution >= 0.6 is 0 Å². The molecule has 0 aliphatic rings. The van der Waals surface area contributed by atoms with Gasteiger partial charge in [0.2, 0.25) is 0 Å². The zero-order chi connectivity index (χ0) is 9.84. The second-order valence-electron chi connectivity index (χ2n) is 2.46. The Morgan fingerprint density at radius 2 is 1.27 bits per heavy atom. The summed E-state index contributed by atoms with van der Waals surface area (Å²) in [6.07, 6.45) is 0. The Kier molecular flexibility index (Phi) is 7.46. The van der Waals surface area contributed by atoms with E-state index in [-0.39, 0.29) is 11.0 Å². The average Bonchev–Trinajstić information content (AvgIpc) is 2.16. The van der Waals surface area contributed by atoms with Gasteiger partial charge in [0, 0.05) is 0 Å². The largest absolute Gasteiger partial charge is 0.870 e. The summed E-state index contributed by atoms with van der Waals surface area (Å²) in [5, 5.41) is 0. The van der Waals surface area contributed by atoms with Crippen LogP contribution in [0.15, 0.2) is 12.1 Å². The van der Waals surface area contributed by atoms with Gasteiger partial charge in [-0.15, -0.1) is 0 Å². The molecule has 5 nitrogen and oxygen atoms in total. The van der Waals surface area contributed by atoms with Crippen molar-refractivity contribution in [3.05, 3.63) is 12.1 Å². The molecule has 0 aromatic heterocycles. The van der Waals surface area contributed by atoms with Crippen molar-refractivity contribution < 1.29 is 25.2 Å². The third-order valence-corrected chi connectivity index (χ3v) is 1.69. The van der Waals surface area contributed by atoms with Crippen LogP contribution in [-0.2, 0) is 0 Å². The third-order valence-electron chi connectivity index (χ3n) is 1.69. The molecule has 2 N–H and O–H groups in total. The van der Waals surface area contributed by atoms with Crippen molar-refractivity contribution in [2.45, 2.75) is 0 Å². The Bertz CT molecular complexity index is 278. The first-order valence-corrected chi connectivity index (χ1v) is 3.78. The van der Waals surface area contributed by atoms with Crippen LogP contribution in [0.1, 0.15) is 0 Å². The summed E-state index contributed by atoms with van der Waals surface area (Å²) in [4.78, 5) is 0. The van der Waals surface area contributed by atoms with Crippen LogP contribution < -0.4 is 19.7 Å². The van der Waals surface area contributed by atoms with Crippen molar-refractivity contribution in [2.75, 3.05) is 21.3 Å². The molecule has 0 spiro atoms. The second kappa shape index (κ2) is 6.97. The molecule has 15 heavy (non-hydrogen) atoms. The first-order chi connectivity index (χ1) is 6.22. The van der Waals surface area contributed by atoms with Gasteiger partial charge in [0.15, 0.2) is 0 Å². The van der Waals surface area contributed by atoms with Crippen molar-refractivity contribution in [3.63, 3.8) is 0 Å². The molecule has 0 heterocycles. The second-order valence-corrected chi connectivity index (χ2v) is 2.46. The minimum atomic E-state index is 0. The smallest absolute Gasteiger partial charge is 0.870 e. The molecule has 0 unspecified atom stereocenters. The van der Waals surface area contributed by atoms with Gasteiger partial charge in [-0.05, 0) is 0 Å². The summed E-state index contributed by atoms with van der Waals surface area (Å²) >= 11 is 0. The number of methoxy groups -OCH3 is 3. The average molecular weight is 212 g/mol. The van der Waals surface area contributed by atoms with Crippen molar-refractivity contribution >= 4 is 13.3 Å². The molecule has 0 saturated carbocycles. The van der Waals surface area contributed by atoms with Crippen LogP contribution in [0, 0.1) is 0 Å². The Morgan fingerprint density at radius 1 is 0.867 bits per heavy atom. The van der Waals surface area contributed by atoms with E-state index in [1.165, 1.54) is 0 Å². The van der Waals surface area contributed by atoms with Gasteiger partial charge in [0.05, 0.1) is 0 Å². The topological polar surface area (TPSA) is 87.7 Å². The molecular weight excluding hydrogens is 199 g/mol. The zero-order valence-corrected chi connectivity index (χ0v) is 8.85. The SMILES string of the molecule is [B+2]c1cc(OC)c(OC)c(OC)c1.[OH-].[OH-]. The number of hydrogen-bond acceptors (Lipinski definition) is 5. The molecule has 0 aliphatic heterocycles. The molecule has 0 fully saturated rings. The van der Waals surface area contributed by atoms with Crippen LogP contribution in [0.4, 0.5) is 0 Å². The van der Waals surface area contributed by atoms with E-state index in [1.54, 1.807) is 33.5 Å². The zero-order valence-electron chi connectivity index (χ0n) is 8.85. The summed E-state index contributed by atoms with van der Waals surface area (Å²) in [6, 6.07) is 3.36. The van der Waals surface area contributed by atoms with E-state index in [1.807, 2.05) is 0 Å². The maximum atomic E-state index is 5.62. The molecule has 0 radical (unpaired) electrons. The summed E-state index contributed by atoms with van der Waals surface area (Å²) in [5.74, 6) is 1.69. The molecule has 0 bridgehead atoms. The van der Waals surface area contributed by atoms with Crippen molar-refractivity contribution in [2.24, 2.45) is 0 Å². The van der Waals surface area contributed by atoms with E-state index < -0.39 is 0 Å². The minimum absolute atomic E-state index is 0. The Hall–Kier alpha value is -1.40. The van der Waals surface area contributed by atoms with Crippen molar-refractivity contribution in [1.29, 1.82) is 0 Å². The first-order valence-electron chi connectivity index (χ1n) is 3.78. The standard InChI is InChI=1S/C9H11BO3.2H2O/c1-11-7-4-6(10)5-8(12-2)9(7)13-3;;/h4-5H,1-3H3;2*1H2/q+2;;/p-2. The fraction of sp³-hybridized carbons (Fsp3) is 0.333. The van der Waals surface area contributed by atoms with Crippen LogP contribution in [0.3, 0.4) is 0 Å². The van der Waals surface area contributed by atoms with E-state index >= 15 is 0 Å². The van der Waals surface area contributed by atoms with Gasteiger partial charge in [0.1, 0.15) is 0 Å². The monoisotopic (exact) mass is 212 g/mol. The Labute approximate surface area is 90.0 Å². The molecule has 1 aromatic carbocycles. The maximum absolute atomic E-state index is 5.62. The number of ether oxygens (including phenoxy) is 3. The van der Waals surface area contributed by atoms with Gasteiger partial charge in [-0.25, -0.2) is 0 Å². The van der Waals surface area contributed by atoms with Crippen LogP contribution in [0.25, 0.3) is 0 Å². The minimum Gasteiger partial charge on any atom is -0.870 e. The van der Waals surface area contributed by atoms with Gasteiger partial charge in [-0.3, -0.25) is 0 Å². The van der Waals surface area contributed by atoms with Crippen molar-refractivity contribution in [3.8, 4) is 17.2 Å². The number of benzene rings is 1. The molecule has 1 rings (SSSR count). The number of rotatable bonds is 3. The van der Waals surface area contributed by atoms with Gasteiger partial charge in [0.25, 0.3) is 0 Å². The molecule has 0 atom stereocenters. The van der Waals surface area contributed by atoms with Gasteiger partial charge in [-0.2, -0.15) is 0 Å². The van der Waals surface area contributed by atoms with Gasteiger partial charge < -0.3 is 11.0 Å². The summed E-state index contributed by atoms with van der Waals surface area (Å²) in [7, 11) is 10.3. The molecule has 1 aromatic rings. The van der Waals surface area contributed by atoms with E-state index in [9.17, 15) is 0 Å². The fourth-order valence-corrected chi connectivity index (χ4v) is 1.10. The predicted molar refractivity (Wildman–Crippen MR) is 55.4 cm³/mol. The Morgan fingerprint density at radius 3 is 1.53 bits per heavy atom. The molecular formula is C9H13BO5. The van der Waals surface area contributed by atoms with E-state index in [0.29, 0.717) is 22.7 Å². The van der Waals surface area contributed by atoms with Crippen LogP contribution in [0.5, 0.6) is 17.2 Å². The van der Waals surface area contributed by atoms with Crippen LogP contribution in [0.2, 0.25) is 0 Å². The molecule has 82 valence electrons.